The van der Waals surface area contributed by atoms with Crippen LogP contribution in [0.25, 0.3) is 0 Å². The van der Waals surface area contributed by atoms with Gasteiger partial charge < -0.3 is 9.64 Å². The van der Waals surface area contributed by atoms with Crippen LogP contribution in [0.5, 0.6) is 0 Å². The Kier molecular flexibility index (Phi) is 6.06. The summed E-state index contributed by atoms with van der Waals surface area (Å²) in [6.45, 7) is 0.183. The van der Waals surface area contributed by atoms with E-state index in [0.717, 1.165) is 11.1 Å². The summed E-state index contributed by atoms with van der Waals surface area (Å²) >= 11 is 0. The van der Waals surface area contributed by atoms with Gasteiger partial charge in [0.05, 0.1) is 6.34 Å². The van der Waals surface area contributed by atoms with Gasteiger partial charge in [0.25, 0.3) is 0 Å². The molecule has 0 aliphatic rings. The van der Waals surface area contributed by atoms with E-state index in [4.69, 9.17) is 4.74 Å². The van der Waals surface area contributed by atoms with Gasteiger partial charge in [0.15, 0.2) is 5.84 Å². The van der Waals surface area contributed by atoms with E-state index in [0.29, 0.717) is 5.84 Å². The Hall–Kier alpha value is -2.95. The van der Waals surface area contributed by atoms with Crippen LogP contribution in [0.15, 0.2) is 70.6 Å². The summed E-state index contributed by atoms with van der Waals surface area (Å²) in [7, 11) is 3.69. The van der Waals surface area contributed by atoms with Crippen LogP contribution in [-0.2, 0) is 11.3 Å². The largest absolute Gasteiger partial charge is 0.443 e. The lowest BCUT2D eigenvalue weighted by atomic mass is 10.2. The van der Waals surface area contributed by atoms with E-state index in [1.807, 2.05) is 74.8 Å². The van der Waals surface area contributed by atoms with Gasteiger partial charge in [-0.1, -0.05) is 60.7 Å². The average Bonchev–Trinajstić information content (AvgIpc) is 2.58. The molecular formula is C18H19N3O2. The van der Waals surface area contributed by atoms with Crippen molar-refractivity contribution in [2.24, 2.45) is 9.98 Å². The summed E-state index contributed by atoms with van der Waals surface area (Å²) in [5.41, 5.74) is 1.66. The lowest BCUT2D eigenvalue weighted by Gasteiger charge is -2.05. The molecule has 0 saturated carbocycles. The van der Waals surface area contributed by atoms with Crippen molar-refractivity contribution in [2.75, 3.05) is 14.1 Å². The van der Waals surface area contributed by atoms with Gasteiger partial charge in [0, 0.05) is 19.7 Å². The van der Waals surface area contributed by atoms with Crippen LogP contribution in [0, 0.1) is 0 Å². The lowest BCUT2D eigenvalue weighted by molar-refractivity contribution is 0.151. The van der Waals surface area contributed by atoms with Crippen molar-refractivity contribution in [1.29, 1.82) is 0 Å². The summed E-state index contributed by atoms with van der Waals surface area (Å²) in [6.07, 6.45) is 0.930. The van der Waals surface area contributed by atoms with Crippen LogP contribution in [0.4, 0.5) is 4.79 Å². The zero-order chi connectivity index (χ0) is 16.5. The van der Waals surface area contributed by atoms with Gasteiger partial charge >= 0.3 is 6.09 Å². The fraction of sp³-hybridized carbons (Fsp3) is 0.167. The SMILES string of the molecule is CN(C)C=N/C(=N/C(=O)OCc1ccccc1)c1ccccc1. The Morgan fingerprint density at radius 2 is 1.65 bits per heavy atom. The molecule has 2 aromatic rings. The van der Waals surface area contributed by atoms with Gasteiger partial charge in [0.2, 0.25) is 0 Å². The van der Waals surface area contributed by atoms with Crippen LogP contribution in [-0.4, -0.2) is 37.3 Å². The summed E-state index contributed by atoms with van der Waals surface area (Å²) < 4.78 is 5.17. The molecule has 0 aliphatic carbocycles. The van der Waals surface area contributed by atoms with E-state index in [2.05, 4.69) is 9.98 Å². The van der Waals surface area contributed by atoms with E-state index in [-0.39, 0.29) is 6.61 Å². The fourth-order valence-electron chi connectivity index (χ4n) is 1.76. The molecule has 0 fully saturated rings. The molecule has 0 spiro atoms. The Morgan fingerprint density at radius 3 is 2.26 bits per heavy atom. The second-order valence-corrected chi connectivity index (χ2v) is 5.05. The molecule has 0 bridgehead atoms. The predicted molar refractivity (Wildman–Crippen MR) is 91.8 cm³/mol. The molecule has 118 valence electrons. The van der Waals surface area contributed by atoms with Gasteiger partial charge in [0.1, 0.15) is 6.61 Å². The number of benzene rings is 2. The fourth-order valence-corrected chi connectivity index (χ4v) is 1.76. The highest BCUT2D eigenvalue weighted by atomic mass is 16.5. The molecule has 0 unspecified atom stereocenters. The molecule has 1 amide bonds. The molecule has 0 atom stereocenters. The van der Waals surface area contributed by atoms with Crippen molar-refractivity contribution in [1.82, 2.24) is 4.90 Å². The van der Waals surface area contributed by atoms with Gasteiger partial charge in [-0.2, -0.15) is 4.99 Å². The monoisotopic (exact) mass is 309 g/mol. The van der Waals surface area contributed by atoms with E-state index in [1.165, 1.54) is 0 Å². The number of aliphatic imine (C=N–C) groups is 2. The van der Waals surface area contributed by atoms with Crippen LogP contribution in [0.2, 0.25) is 0 Å². The number of nitrogens with zero attached hydrogens (tertiary/aromatic N) is 3. The normalized spacial score (nSPS) is 11.5. The van der Waals surface area contributed by atoms with Crippen LogP contribution < -0.4 is 0 Å². The molecular weight excluding hydrogens is 290 g/mol. The van der Waals surface area contributed by atoms with Crippen LogP contribution in [0.1, 0.15) is 11.1 Å². The summed E-state index contributed by atoms with van der Waals surface area (Å²) in [5, 5.41) is 0. The number of carbonyl (C=O) groups is 1. The molecule has 0 N–H and O–H groups in total. The zero-order valence-corrected chi connectivity index (χ0v) is 13.2. The molecule has 0 aliphatic heterocycles. The van der Waals surface area contributed by atoms with Crippen molar-refractivity contribution in [3.05, 3.63) is 71.8 Å². The molecule has 0 heterocycles. The smallest absolute Gasteiger partial charge is 0.435 e. The predicted octanol–water partition coefficient (Wildman–Crippen LogP) is 3.36. The third-order valence-corrected chi connectivity index (χ3v) is 2.85. The number of hydrogen-bond acceptors (Lipinski definition) is 2. The summed E-state index contributed by atoms with van der Waals surface area (Å²) in [5.74, 6) is 0.317. The molecule has 0 saturated heterocycles. The second-order valence-electron chi connectivity index (χ2n) is 5.05. The highest BCUT2D eigenvalue weighted by Gasteiger charge is 2.07. The van der Waals surface area contributed by atoms with Gasteiger partial charge in [-0.25, -0.2) is 9.79 Å². The zero-order valence-electron chi connectivity index (χ0n) is 13.2. The summed E-state index contributed by atoms with van der Waals surface area (Å²) in [6, 6.07) is 18.8. The number of amides is 1. The molecule has 2 aromatic carbocycles. The average molecular weight is 309 g/mol. The highest BCUT2D eigenvalue weighted by molar-refractivity contribution is 6.06. The first-order valence-electron chi connectivity index (χ1n) is 7.20. The van der Waals surface area contributed by atoms with Crippen molar-refractivity contribution >= 4 is 18.3 Å². The molecule has 5 heteroatoms. The second kappa shape index (κ2) is 8.48. The first-order valence-corrected chi connectivity index (χ1v) is 7.20. The topological polar surface area (TPSA) is 54.3 Å². The van der Waals surface area contributed by atoms with Crippen molar-refractivity contribution < 1.29 is 9.53 Å². The summed E-state index contributed by atoms with van der Waals surface area (Å²) in [4.78, 5) is 21.9. The maximum absolute atomic E-state index is 11.9. The van der Waals surface area contributed by atoms with Crippen molar-refractivity contribution in [3.8, 4) is 0 Å². The van der Waals surface area contributed by atoms with Crippen LogP contribution >= 0.6 is 0 Å². The number of hydrogen-bond donors (Lipinski definition) is 0. The highest BCUT2D eigenvalue weighted by Crippen LogP contribution is 2.05. The van der Waals surface area contributed by atoms with Gasteiger partial charge in [-0.15, -0.1) is 0 Å². The Bertz CT molecular complexity index is 680. The maximum atomic E-state index is 11.9. The molecule has 0 radical (unpaired) electrons. The lowest BCUT2D eigenvalue weighted by Crippen LogP contribution is -2.11. The third-order valence-electron chi connectivity index (χ3n) is 2.85. The van der Waals surface area contributed by atoms with Crippen LogP contribution in [0.3, 0.4) is 0 Å². The third kappa shape index (κ3) is 5.74. The molecule has 0 aromatic heterocycles. The Balaban J connectivity index is 2.11. The number of carbonyl (C=O) groups excluding carboxylic acids is 1. The van der Waals surface area contributed by atoms with Crippen molar-refractivity contribution in [2.45, 2.75) is 6.61 Å². The van der Waals surface area contributed by atoms with E-state index in [9.17, 15) is 4.79 Å². The number of ether oxygens (including phenoxy) is 1. The Morgan fingerprint density at radius 1 is 1.04 bits per heavy atom. The van der Waals surface area contributed by atoms with Crippen molar-refractivity contribution in [3.63, 3.8) is 0 Å². The minimum absolute atomic E-state index is 0.183. The van der Waals surface area contributed by atoms with Gasteiger partial charge in [-0.3, -0.25) is 0 Å². The first-order chi connectivity index (χ1) is 11.1. The Labute approximate surface area is 136 Å². The van der Waals surface area contributed by atoms with E-state index < -0.39 is 6.09 Å². The minimum atomic E-state index is -0.663. The molecule has 5 nitrogen and oxygen atoms in total. The minimum Gasteiger partial charge on any atom is -0.443 e. The van der Waals surface area contributed by atoms with E-state index >= 15 is 0 Å². The molecule has 23 heavy (non-hydrogen) atoms. The van der Waals surface area contributed by atoms with E-state index in [1.54, 1.807) is 11.2 Å². The number of amidine groups is 1. The standard InChI is InChI=1S/C18H19N3O2/c1-21(2)14-19-17(16-11-7-4-8-12-16)20-18(22)23-13-15-9-5-3-6-10-15/h3-12,14H,13H2,1-2H3/b19-14?,20-17+. The quantitative estimate of drug-likeness (QED) is 0.643. The number of rotatable bonds is 4. The first kappa shape index (κ1) is 16.4. The van der Waals surface area contributed by atoms with Gasteiger partial charge in [-0.05, 0) is 5.56 Å². The maximum Gasteiger partial charge on any atom is 0.435 e. The molecule has 2 rings (SSSR count).